The van der Waals surface area contributed by atoms with Crippen molar-refractivity contribution >= 4 is 34.8 Å². The first kappa shape index (κ1) is 11.3. The third-order valence-electron chi connectivity index (χ3n) is 1.71. The Morgan fingerprint density at radius 1 is 1.14 bits per heavy atom. The second kappa shape index (κ2) is 5.88. The van der Waals surface area contributed by atoms with E-state index in [2.05, 4.69) is 9.97 Å². The summed E-state index contributed by atoms with van der Waals surface area (Å²) in [5, 5.41) is 0. The van der Waals surface area contributed by atoms with Gasteiger partial charge in [-0.15, -0.1) is 23.2 Å². The zero-order chi connectivity index (χ0) is 10.4. The molecule has 0 saturated carbocycles. The molecule has 0 atom stereocenters. The lowest BCUT2D eigenvalue weighted by Crippen LogP contribution is -2.29. The molecule has 0 radical (unpaired) electrons. The number of halogens is 2. The number of rotatable bonds is 5. The number of aromatic nitrogens is 2. The molecule has 1 heterocycles. The van der Waals surface area contributed by atoms with E-state index in [1.165, 1.54) is 0 Å². The van der Waals surface area contributed by atoms with Crippen molar-refractivity contribution in [2.24, 2.45) is 0 Å². The molecule has 4 nitrogen and oxygen atoms in total. The van der Waals surface area contributed by atoms with Crippen molar-refractivity contribution in [3.8, 4) is 0 Å². The molecular weight excluding hydrogens is 223 g/mol. The fourth-order valence-corrected chi connectivity index (χ4v) is 1.52. The molecule has 6 heteroatoms. The van der Waals surface area contributed by atoms with Gasteiger partial charge in [-0.3, -0.25) is 0 Å². The molecule has 0 amide bonds. The second-order valence-corrected chi connectivity index (χ2v) is 3.39. The zero-order valence-corrected chi connectivity index (χ0v) is 9.17. The topological polar surface area (TPSA) is 55.0 Å². The van der Waals surface area contributed by atoms with Gasteiger partial charge in [0.15, 0.2) is 11.6 Å². The van der Waals surface area contributed by atoms with Crippen molar-refractivity contribution in [2.45, 2.75) is 0 Å². The van der Waals surface area contributed by atoms with Crippen LogP contribution in [-0.2, 0) is 0 Å². The van der Waals surface area contributed by atoms with Crippen LogP contribution in [0.3, 0.4) is 0 Å². The average Bonchev–Trinajstić information content (AvgIpc) is 2.18. The van der Waals surface area contributed by atoms with Gasteiger partial charge in [0.2, 0.25) is 0 Å². The van der Waals surface area contributed by atoms with Crippen LogP contribution in [-0.4, -0.2) is 34.8 Å². The summed E-state index contributed by atoms with van der Waals surface area (Å²) >= 11 is 11.3. The highest BCUT2D eigenvalue weighted by Crippen LogP contribution is 2.16. The van der Waals surface area contributed by atoms with Crippen LogP contribution in [0.4, 0.5) is 11.6 Å². The lowest BCUT2D eigenvalue weighted by molar-refractivity contribution is 0.850. The lowest BCUT2D eigenvalue weighted by Gasteiger charge is -2.21. The summed E-state index contributed by atoms with van der Waals surface area (Å²) in [6.45, 7) is 1.33. The van der Waals surface area contributed by atoms with Gasteiger partial charge in [0.1, 0.15) is 0 Å². The van der Waals surface area contributed by atoms with E-state index in [0.29, 0.717) is 36.5 Å². The monoisotopic (exact) mass is 234 g/mol. The van der Waals surface area contributed by atoms with Gasteiger partial charge in [-0.25, -0.2) is 9.97 Å². The van der Waals surface area contributed by atoms with E-state index in [9.17, 15) is 0 Å². The number of hydrogen-bond acceptors (Lipinski definition) is 4. The predicted octanol–water partition coefficient (Wildman–Crippen LogP) is 1.34. The van der Waals surface area contributed by atoms with Gasteiger partial charge < -0.3 is 10.6 Å². The highest BCUT2D eigenvalue weighted by molar-refractivity contribution is 6.18. The third-order valence-corrected chi connectivity index (χ3v) is 2.05. The largest absolute Gasteiger partial charge is 0.381 e. The highest BCUT2D eigenvalue weighted by Gasteiger charge is 2.10. The van der Waals surface area contributed by atoms with Crippen molar-refractivity contribution in [1.29, 1.82) is 0 Å². The number of nitrogens with zero attached hydrogens (tertiary/aromatic N) is 3. The van der Waals surface area contributed by atoms with E-state index in [4.69, 9.17) is 28.9 Å². The molecule has 0 aliphatic rings. The molecule has 0 aromatic carbocycles. The molecule has 0 spiro atoms. The molecule has 0 unspecified atom stereocenters. The maximum absolute atomic E-state index is 5.68. The normalized spacial score (nSPS) is 10.1. The highest BCUT2D eigenvalue weighted by atomic mass is 35.5. The van der Waals surface area contributed by atoms with Crippen molar-refractivity contribution in [2.75, 3.05) is 35.5 Å². The first-order valence-corrected chi connectivity index (χ1v) is 5.30. The molecule has 0 saturated heterocycles. The second-order valence-electron chi connectivity index (χ2n) is 2.63. The SMILES string of the molecule is Nc1nccnc1N(CCCl)CCCl. The van der Waals surface area contributed by atoms with Crippen LogP contribution in [0.25, 0.3) is 0 Å². The molecule has 1 rings (SSSR count). The average molecular weight is 235 g/mol. The van der Waals surface area contributed by atoms with Gasteiger partial charge in [-0.05, 0) is 0 Å². The summed E-state index contributed by atoms with van der Waals surface area (Å²) in [6, 6.07) is 0. The summed E-state index contributed by atoms with van der Waals surface area (Å²) in [6.07, 6.45) is 3.15. The summed E-state index contributed by atoms with van der Waals surface area (Å²) in [5.41, 5.74) is 5.68. The lowest BCUT2D eigenvalue weighted by atomic mass is 10.4. The standard InChI is InChI=1S/C8H12Cl2N4/c9-1-5-14(6-2-10)8-7(11)12-3-4-13-8/h3-4H,1-2,5-6H2,(H2,11,12). The number of nitrogen functional groups attached to an aromatic ring is 1. The van der Waals surface area contributed by atoms with Gasteiger partial charge in [-0.2, -0.15) is 0 Å². The fraction of sp³-hybridized carbons (Fsp3) is 0.500. The molecule has 2 N–H and O–H groups in total. The van der Waals surface area contributed by atoms with Crippen LogP contribution in [0.1, 0.15) is 0 Å². The fourth-order valence-electron chi connectivity index (χ4n) is 1.11. The Balaban J connectivity index is 2.81. The first-order chi connectivity index (χ1) is 6.79. The Kier molecular flexibility index (Phi) is 4.76. The van der Waals surface area contributed by atoms with Crippen LogP contribution in [0.15, 0.2) is 12.4 Å². The van der Waals surface area contributed by atoms with Crippen LogP contribution < -0.4 is 10.6 Å². The maximum Gasteiger partial charge on any atom is 0.171 e. The molecule has 1 aromatic rings. The Bertz CT molecular complexity index is 276. The minimum absolute atomic E-state index is 0.405. The first-order valence-electron chi connectivity index (χ1n) is 4.23. The van der Waals surface area contributed by atoms with Gasteiger partial charge in [0, 0.05) is 37.2 Å². The van der Waals surface area contributed by atoms with Gasteiger partial charge in [0.05, 0.1) is 0 Å². The summed E-state index contributed by atoms with van der Waals surface area (Å²) in [7, 11) is 0. The number of hydrogen-bond donors (Lipinski definition) is 1. The van der Waals surface area contributed by atoms with E-state index < -0.39 is 0 Å². The van der Waals surface area contributed by atoms with Crippen molar-refractivity contribution < 1.29 is 0 Å². The molecule has 1 aromatic heterocycles. The Morgan fingerprint density at radius 3 is 2.21 bits per heavy atom. The van der Waals surface area contributed by atoms with Gasteiger partial charge in [-0.1, -0.05) is 0 Å². The van der Waals surface area contributed by atoms with Crippen LogP contribution in [0.5, 0.6) is 0 Å². The summed E-state index contributed by atoms with van der Waals surface area (Å²) in [5.74, 6) is 2.07. The Labute approximate surface area is 93.0 Å². The van der Waals surface area contributed by atoms with Crippen molar-refractivity contribution in [1.82, 2.24) is 9.97 Å². The molecular formula is C8H12Cl2N4. The minimum atomic E-state index is 0.405. The smallest absolute Gasteiger partial charge is 0.171 e. The van der Waals surface area contributed by atoms with Gasteiger partial charge in [0.25, 0.3) is 0 Å². The Hall–Kier alpha value is -0.740. The predicted molar refractivity (Wildman–Crippen MR) is 60.1 cm³/mol. The maximum atomic E-state index is 5.68. The summed E-state index contributed by atoms with van der Waals surface area (Å²) in [4.78, 5) is 10.0. The molecule has 0 bridgehead atoms. The van der Waals surface area contributed by atoms with Crippen molar-refractivity contribution in [3.05, 3.63) is 12.4 Å². The van der Waals surface area contributed by atoms with E-state index in [-0.39, 0.29) is 0 Å². The van der Waals surface area contributed by atoms with Crippen LogP contribution >= 0.6 is 23.2 Å². The van der Waals surface area contributed by atoms with E-state index in [0.717, 1.165) is 0 Å². The molecule has 78 valence electrons. The zero-order valence-electron chi connectivity index (χ0n) is 7.66. The minimum Gasteiger partial charge on any atom is -0.381 e. The molecule has 0 fully saturated rings. The van der Waals surface area contributed by atoms with Crippen LogP contribution in [0, 0.1) is 0 Å². The van der Waals surface area contributed by atoms with E-state index in [1.54, 1.807) is 12.4 Å². The number of anilines is 2. The molecule has 0 aliphatic heterocycles. The number of alkyl halides is 2. The van der Waals surface area contributed by atoms with Crippen LogP contribution in [0.2, 0.25) is 0 Å². The summed E-state index contributed by atoms with van der Waals surface area (Å²) < 4.78 is 0. The van der Waals surface area contributed by atoms with Crippen molar-refractivity contribution in [3.63, 3.8) is 0 Å². The van der Waals surface area contributed by atoms with Gasteiger partial charge >= 0.3 is 0 Å². The van der Waals surface area contributed by atoms with E-state index in [1.807, 2.05) is 4.90 Å². The number of nitrogens with two attached hydrogens (primary N) is 1. The quantitative estimate of drug-likeness (QED) is 0.782. The van der Waals surface area contributed by atoms with E-state index >= 15 is 0 Å². The molecule has 0 aliphatic carbocycles. The Morgan fingerprint density at radius 2 is 1.71 bits per heavy atom. The molecule has 14 heavy (non-hydrogen) atoms. The third kappa shape index (κ3) is 2.89.